The molecule has 0 bridgehead atoms. The van der Waals surface area contributed by atoms with Crippen molar-refractivity contribution in [3.8, 4) is 5.88 Å². The molecule has 1 aromatic heterocycles. The van der Waals surface area contributed by atoms with E-state index in [4.69, 9.17) is 9.84 Å². The summed E-state index contributed by atoms with van der Waals surface area (Å²) in [4.78, 5) is 4.14. The van der Waals surface area contributed by atoms with Crippen LogP contribution >= 0.6 is 0 Å². The summed E-state index contributed by atoms with van der Waals surface area (Å²) in [6, 6.07) is 5.62. The first kappa shape index (κ1) is 9.00. The molecule has 3 nitrogen and oxygen atoms in total. The van der Waals surface area contributed by atoms with Gasteiger partial charge in [0.05, 0.1) is 6.61 Å². The Morgan fingerprint density at radius 3 is 3.00 bits per heavy atom. The lowest BCUT2D eigenvalue weighted by Crippen LogP contribution is -2.01. The molecule has 0 saturated carbocycles. The number of rotatable bonds is 4. The molecular formula is C9H13NO2. The zero-order chi connectivity index (χ0) is 8.81. The smallest absolute Gasteiger partial charge is 0.213 e. The number of pyridine rings is 1. The molecule has 0 fully saturated rings. The van der Waals surface area contributed by atoms with Crippen molar-refractivity contribution in [2.75, 3.05) is 13.2 Å². The summed E-state index contributed by atoms with van der Waals surface area (Å²) in [5.74, 6) is 0.628. The van der Waals surface area contributed by atoms with Crippen LogP contribution in [0.25, 0.3) is 0 Å². The molecule has 1 rings (SSSR count). The second-order valence-corrected chi connectivity index (χ2v) is 2.54. The quantitative estimate of drug-likeness (QED) is 0.684. The Labute approximate surface area is 72.0 Å². The molecule has 0 aliphatic heterocycles. The molecule has 0 aliphatic carbocycles. The second kappa shape index (κ2) is 4.72. The van der Waals surface area contributed by atoms with Gasteiger partial charge in [-0.2, -0.15) is 0 Å². The van der Waals surface area contributed by atoms with Crippen LogP contribution < -0.4 is 4.74 Å². The molecule has 0 aromatic carbocycles. The Hall–Kier alpha value is -1.09. The maximum absolute atomic E-state index is 8.50. The second-order valence-electron chi connectivity index (χ2n) is 2.54. The summed E-state index contributed by atoms with van der Waals surface area (Å²) in [7, 11) is 0. The van der Waals surface area contributed by atoms with Crippen LogP contribution in [0.5, 0.6) is 5.88 Å². The summed E-state index contributed by atoms with van der Waals surface area (Å²) in [6.45, 7) is 2.59. The van der Waals surface area contributed by atoms with Crippen LogP contribution in [0.4, 0.5) is 0 Å². The van der Waals surface area contributed by atoms with E-state index in [-0.39, 0.29) is 6.61 Å². The van der Waals surface area contributed by atoms with Crippen molar-refractivity contribution < 1.29 is 9.84 Å². The van der Waals surface area contributed by atoms with E-state index in [1.54, 1.807) is 0 Å². The van der Waals surface area contributed by atoms with E-state index >= 15 is 0 Å². The van der Waals surface area contributed by atoms with Gasteiger partial charge in [-0.3, -0.25) is 0 Å². The molecule has 1 heterocycles. The molecule has 0 atom stereocenters. The Morgan fingerprint density at radius 2 is 2.33 bits per heavy atom. The fraction of sp³-hybridized carbons (Fsp3) is 0.444. The molecular weight excluding hydrogens is 154 g/mol. The average molecular weight is 167 g/mol. The van der Waals surface area contributed by atoms with Crippen molar-refractivity contribution in [2.24, 2.45) is 0 Å². The van der Waals surface area contributed by atoms with Crippen LogP contribution in [0.15, 0.2) is 18.2 Å². The minimum Gasteiger partial charge on any atom is -0.478 e. The molecule has 1 N–H and O–H groups in total. The summed E-state index contributed by atoms with van der Waals surface area (Å²) in [6.07, 6.45) is 0.648. The lowest BCUT2D eigenvalue weighted by Gasteiger charge is -2.03. The monoisotopic (exact) mass is 167 g/mol. The molecule has 1 aromatic rings. The number of hydrogen-bond acceptors (Lipinski definition) is 3. The van der Waals surface area contributed by atoms with Crippen molar-refractivity contribution in [2.45, 2.75) is 13.3 Å². The molecule has 3 heteroatoms. The number of ether oxygens (including phenoxy) is 1. The lowest BCUT2D eigenvalue weighted by molar-refractivity contribution is 0.229. The highest BCUT2D eigenvalue weighted by atomic mass is 16.5. The normalized spacial score (nSPS) is 9.83. The maximum Gasteiger partial charge on any atom is 0.213 e. The lowest BCUT2D eigenvalue weighted by atomic mass is 10.4. The van der Waals surface area contributed by atoms with E-state index in [1.807, 2.05) is 25.1 Å². The highest BCUT2D eigenvalue weighted by Crippen LogP contribution is 2.06. The van der Waals surface area contributed by atoms with E-state index in [1.165, 1.54) is 0 Å². The predicted molar refractivity (Wildman–Crippen MR) is 46.2 cm³/mol. The van der Waals surface area contributed by atoms with E-state index in [0.29, 0.717) is 18.9 Å². The average Bonchev–Trinajstić information content (AvgIpc) is 2.05. The van der Waals surface area contributed by atoms with E-state index < -0.39 is 0 Å². The fourth-order valence-corrected chi connectivity index (χ4v) is 0.840. The fourth-order valence-electron chi connectivity index (χ4n) is 0.840. The van der Waals surface area contributed by atoms with Gasteiger partial charge in [0.25, 0.3) is 0 Å². The zero-order valence-corrected chi connectivity index (χ0v) is 7.16. The first-order chi connectivity index (χ1) is 5.83. The van der Waals surface area contributed by atoms with Gasteiger partial charge in [0.15, 0.2) is 0 Å². The van der Waals surface area contributed by atoms with Gasteiger partial charge in [-0.25, -0.2) is 4.98 Å². The van der Waals surface area contributed by atoms with Crippen LogP contribution in [0, 0.1) is 6.92 Å². The van der Waals surface area contributed by atoms with Gasteiger partial charge in [0, 0.05) is 24.8 Å². The van der Waals surface area contributed by atoms with Crippen molar-refractivity contribution >= 4 is 0 Å². The number of aliphatic hydroxyl groups is 1. The third-order valence-corrected chi connectivity index (χ3v) is 1.42. The largest absolute Gasteiger partial charge is 0.478 e. The Balaban J connectivity index is 2.41. The Kier molecular flexibility index (Phi) is 3.54. The van der Waals surface area contributed by atoms with Gasteiger partial charge >= 0.3 is 0 Å². The number of nitrogens with zero attached hydrogens (tertiary/aromatic N) is 1. The summed E-state index contributed by atoms with van der Waals surface area (Å²) < 4.78 is 5.26. The molecule has 0 spiro atoms. The van der Waals surface area contributed by atoms with Gasteiger partial charge in [-0.1, -0.05) is 6.07 Å². The zero-order valence-electron chi connectivity index (χ0n) is 7.16. The number of aromatic nitrogens is 1. The highest BCUT2D eigenvalue weighted by molar-refractivity contribution is 5.14. The van der Waals surface area contributed by atoms with Crippen LogP contribution in [0.1, 0.15) is 12.1 Å². The maximum atomic E-state index is 8.50. The molecule has 0 saturated heterocycles. The molecule has 0 radical (unpaired) electrons. The standard InChI is InChI=1S/C9H13NO2/c1-8-4-2-5-9(10-8)12-7-3-6-11/h2,4-5,11H,3,6-7H2,1H3. The third-order valence-electron chi connectivity index (χ3n) is 1.42. The van der Waals surface area contributed by atoms with E-state index in [0.717, 1.165) is 5.69 Å². The number of hydrogen-bond donors (Lipinski definition) is 1. The number of aliphatic hydroxyl groups excluding tert-OH is 1. The van der Waals surface area contributed by atoms with Gasteiger partial charge in [0.1, 0.15) is 0 Å². The molecule has 0 unspecified atom stereocenters. The van der Waals surface area contributed by atoms with Crippen LogP contribution in [0.3, 0.4) is 0 Å². The Bertz CT molecular complexity index is 238. The van der Waals surface area contributed by atoms with Crippen molar-refractivity contribution in [1.29, 1.82) is 0 Å². The van der Waals surface area contributed by atoms with Crippen LogP contribution in [0.2, 0.25) is 0 Å². The number of aryl methyl sites for hydroxylation is 1. The molecule has 0 aliphatic rings. The van der Waals surface area contributed by atoms with E-state index in [9.17, 15) is 0 Å². The van der Waals surface area contributed by atoms with Crippen LogP contribution in [-0.4, -0.2) is 23.3 Å². The topological polar surface area (TPSA) is 42.4 Å². The third kappa shape index (κ3) is 2.88. The van der Waals surface area contributed by atoms with Crippen LogP contribution in [-0.2, 0) is 0 Å². The molecule has 66 valence electrons. The van der Waals surface area contributed by atoms with Crippen molar-refractivity contribution in [1.82, 2.24) is 4.98 Å². The van der Waals surface area contributed by atoms with Gasteiger partial charge in [-0.05, 0) is 13.0 Å². The Morgan fingerprint density at radius 1 is 1.50 bits per heavy atom. The predicted octanol–water partition coefficient (Wildman–Crippen LogP) is 1.15. The summed E-state index contributed by atoms with van der Waals surface area (Å²) >= 11 is 0. The summed E-state index contributed by atoms with van der Waals surface area (Å²) in [5, 5.41) is 8.50. The minimum atomic E-state index is 0.159. The van der Waals surface area contributed by atoms with Gasteiger partial charge in [0.2, 0.25) is 5.88 Å². The SMILES string of the molecule is Cc1cccc(OCCCO)n1. The van der Waals surface area contributed by atoms with Gasteiger partial charge < -0.3 is 9.84 Å². The van der Waals surface area contributed by atoms with Gasteiger partial charge in [-0.15, -0.1) is 0 Å². The molecule has 12 heavy (non-hydrogen) atoms. The molecule has 0 amide bonds. The van der Waals surface area contributed by atoms with Crippen molar-refractivity contribution in [3.63, 3.8) is 0 Å². The summed E-state index contributed by atoms with van der Waals surface area (Å²) in [5.41, 5.74) is 0.941. The first-order valence-electron chi connectivity index (χ1n) is 4.00. The highest BCUT2D eigenvalue weighted by Gasteiger charge is 1.93. The first-order valence-corrected chi connectivity index (χ1v) is 4.00. The van der Waals surface area contributed by atoms with E-state index in [2.05, 4.69) is 4.98 Å². The van der Waals surface area contributed by atoms with Crippen molar-refractivity contribution in [3.05, 3.63) is 23.9 Å². The minimum absolute atomic E-state index is 0.159.